The standard InChI is InChI=1S/C26H23NO5/c1-31-25(29)18-12-13-24(28)17(15-18)7-6-14-27-26(30)32-16-23-21-10-4-2-8-19(21)20-9-3-5-11-22(20)23/h2-13,15,23,28H,14,16H2,1H3,(H,27,30). The second-order valence-electron chi connectivity index (χ2n) is 7.37. The number of nitrogens with one attached hydrogen (secondary N) is 1. The van der Waals surface area contributed by atoms with E-state index in [0.29, 0.717) is 11.1 Å². The van der Waals surface area contributed by atoms with Crippen molar-refractivity contribution in [2.24, 2.45) is 0 Å². The van der Waals surface area contributed by atoms with E-state index in [4.69, 9.17) is 4.74 Å². The van der Waals surface area contributed by atoms with Crippen molar-refractivity contribution in [3.05, 3.63) is 95.1 Å². The van der Waals surface area contributed by atoms with Crippen molar-refractivity contribution >= 4 is 18.1 Å². The first kappa shape index (κ1) is 21.2. The smallest absolute Gasteiger partial charge is 0.407 e. The highest BCUT2D eigenvalue weighted by Crippen LogP contribution is 2.44. The Bertz CT molecular complexity index is 1140. The summed E-state index contributed by atoms with van der Waals surface area (Å²) >= 11 is 0. The number of carbonyl (C=O) groups is 2. The molecule has 0 unspecified atom stereocenters. The van der Waals surface area contributed by atoms with Crippen LogP contribution in [0.15, 0.2) is 72.8 Å². The van der Waals surface area contributed by atoms with Crippen LogP contribution in [0.1, 0.15) is 33.0 Å². The van der Waals surface area contributed by atoms with Gasteiger partial charge in [0.1, 0.15) is 12.4 Å². The number of esters is 1. The Morgan fingerprint density at radius 3 is 2.31 bits per heavy atom. The van der Waals surface area contributed by atoms with E-state index in [-0.39, 0.29) is 24.8 Å². The van der Waals surface area contributed by atoms with E-state index in [9.17, 15) is 14.7 Å². The summed E-state index contributed by atoms with van der Waals surface area (Å²) in [5.74, 6) is -0.465. The van der Waals surface area contributed by atoms with Crippen LogP contribution in [-0.2, 0) is 9.47 Å². The number of aromatic hydroxyl groups is 1. The Morgan fingerprint density at radius 1 is 1.00 bits per heavy atom. The van der Waals surface area contributed by atoms with Gasteiger partial charge in [-0.2, -0.15) is 0 Å². The molecule has 3 aromatic rings. The van der Waals surface area contributed by atoms with E-state index >= 15 is 0 Å². The molecule has 0 aromatic heterocycles. The van der Waals surface area contributed by atoms with Crippen molar-refractivity contribution in [3.8, 4) is 16.9 Å². The lowest BCUT2D eigenvalue weighted by Crippen LogP contribution is -2.26. The van der Waals surface area contributed by atoms with E-state index in [1.54, 1.807) is 12.2 Å². The van der Waals surface area contributed by atoms with Crippen LogP contribution in [0, 0.1) is 0 Å². The van der Waals surface area contributed by atoms with E-state index < -0.39 is 12.1 Å². The summed E-state index contributed by atoms with van der Waals surface area (Å²) < 4.78 is 10.2. The lowest BCUT2D eigenvalue weighted by Gasteiger charge is -2.14. The Morgan fingerprint density at radius 2 is 1.66 bits per heavy atom. The van der Waals surface area contributed by atoms with Gasteiger partial charge in [-0.3, -0.25) is 0 Å². The van der Waals surface area contributed by atoms with Crippen molar-refractivity contribution in [1.29, 1.82) is 0 Å². The molecule has 0 aliphatic heterocycles. The number of carbonyl (C=O) groups excluding carboxylic acids is 2. The zero-order valence-corrected chi connectivity index (χ0v) is 17.6. The number of hydrogen-bond acceptors (Lipinski definition) is 5. The second kappa shape index (κ2) is 9.39. The van der Waals surface area contributed by atoms with Gasteiger partial charge in [-0.05, 0) is 40.5 Å². The van der Waals surface area contributed by atoms with Crippen LogP contribution < -0.4 is 5.32 Å². The number of benzene rings is 3. The third kappa shape index (κ3) is 4.34. The molecule has 1 amide bonds. The molecule has 0 saturated carbocycles. The highest BCUT2D eigenvalue weighted by Gasteiger charge is 2.28. The van der Waals surface area contributed by atoms with Crippen molar-refractivity contribution in [2.45, 2.75) is 5.92 Å². The van der Waals surface area contributed by atoms with Crippen LogP contribution in [0.5, 0.6) is 5.75 Å². The van der Waals surface area contributed by atoms with Crippen molar-refractivity contribution in [3.63, 3.8) is 0 Å². The molecule has 6 heteroatoms. The molecule has 0 bridgehead atoms. The van der Waals surface area contributed by atoms with Crippen LogP contribution in [0.25, 0.3) is 17.2 Å². The fraction of sp³-hybridized carbons (Fsp3) is 0.154. The van der Waals surface area contributed by atoms with Crippen molar-refractivity contribution in [1.82, 2.24) is 5.32 Å². The zero-order valence-electron chi connectivity index (χ0n) is 17.6. The summed E-state index contributed by atoms with van der Waals surface area (Å²) in [6.45, 7) is 0.449. The third-order valence-corrected chi connectivity index (χ3v) is 5.45. The van der Waals surface area contributed by atoms with E-state index in [0.717, 1.165) is 11.1 Å². The van der Waals surface area contributed by atoms with Gasteiger partial charge in [-0.25, -0.2) is 9.59 Å². The van der Waals surface area contributed by atoms with E-state index in [2.05, 4.69) is 34.3 Å². The number of alkyl carbamates (subject to hydrolysis) is 1. The molecule has 0 atom stereocenters. The first-order valence-corrected chi connectivity index (χ1v) is 10.2. The molecule has 0 fully saturated rings. The number of amides is 1. The Balaban J connectivity index is 1.33. The summed E-state index contributed by atoms with van der Waals surface area (Å²) in [5, 5.41) is 12.6. The molecule has 2 N–H and O–H groups in total. The van der Waals surface area contributed by atoms with Gasteiger partial charge in [0.25, 0.3) is 0 Å². The van der Waals surface area contributed by atoms with Crippen molar-refractivity contribution in [2.75, 3.05) is 20.3 Å². The molecule has 0 saturated heterocycles. The summed E-state index contributed by atoms with van der Waals surface area (Å²) in [6.07, 6.45) is 2.76. The number of phenolic OH excluding ortho intramolecular Hbond substituents is 1. The quantitative estimate of drug-likeness (QED) is 0.554. The average molecular weight is 429 g/mol. The lowest BCUT2D eigenvalue weighted by molar-refractivity contribution is 0.0600. The van der Waals surface area contributed by atoms with Gasteiger partial charge < -0.3 is 19.9 Å². The van der Waals surface area contributed by atoms with Crippen LogP contribution in [0.4, 0.5) is 4.79 Å². The zero-order chi connectivity index (χ0) is 22.5. The molecule has 6 nitrogen and oxygen atoms in total. The maximum Gasteiger partial charge on any atom is 0.407 e. The minimum Gasteiger partial charge on any atom is -0.507 e. The van der Waals surface area contributed by atoms with Gasteiger partial charge in [0.2, 0.25) is 0 Å². The highest BCUT2D eigenvalue weighted by atomic mass is 16.5. The second-order valence-corrected chi connectivity index (χ2v) is 7.37. The van der Waals surface area contributed by atoms with Crippen LogP contribution in [0.3, 0.4) is 0 Å². The average Bonchev–Trinajstić information content (AvgIpc) is 3.14. The number of phenols is 1. The minimum absolute atomic E-state index is 0.00157. The number of rotatable bonds is 6. The van der Waals surface area contributed by atoms with Crippen LogP contribution >= 0.6 is 0 Å². The SMILES string of the molecule is COC(=O)c1ccc(O)c(C=CCNC(=O)OCC2c3ccccc3-c3ccccc32)c1. The predicted octanol–water partition coefficient (Wildman–Crippen LogP) is 4.73. The first-order chi connectivity index (χ1) is 15.6. The highest BCUT2D eigenvalue weighted by molar-refractivity contribution is 5.90. The third-order valence-electron chi connectivity index (χ3n) is 5.45. The topological polar surface area (TPSA) is 84.9 Å². The summed E-state index contributed by atoms with van der Waals surface area (Å²) in [4.78, 5) is 23.8. The van der Waals surface area contributed by atoms with E-state index in [1.165, 1.54) is 36.4 Å². The molecule has 4 rings (SSSR count). The van der Waals surface area contributed by atoms with Crippen LogP contribution in [-0.4, -0.2) is 37.4 Å². The largest absolute Gasteiger partial charge is 0.507 e. The number of ether oxygens (including phenoxy) is 2. The van der Waals surface area contributed by atoms with Gasteiger partial charge in [-0.15, -0.1) is 0 Å². The summed E-state index contributed by atoms with van der Waals surface area (Å²) in [7, 11) is 1.29. The van der Waals surface area contributed by atoms with Crippen molar-refractivity contribution < 1.29 is 24.2 Å². The Labute approximate surface area is 186 Å². The molecule has 162 valence electrons. The van der Waals surface area contributed by atoms with Crippen LogP contribution in [0.2, 0.25) is 0 Å². The lowest BCUT2D eigenvalue weighted by atomic mass is 9.98. The molecule has 3 aromatic carbocycles. The number of hydrogen-bond donors (Lipinski definition) is 2. The number of fused-ring (bicyclic) bond motifs is 3. The van der Waals surface area contributed by atoms with Gasteiger partial charge >= 0.3 is 12.1 Å². The van der Waals surface area contributed by atoms with Gasteiger partial charge in [-0.1, -0.05) is 60.7 Å². The predicted molar refractivity (Wildman–Crippen MR) is 122 cm³/mol. The minimum atomic E-state index is -0.524. The molecular weight excluding hydrogens is 406 g/mol. The number of methoxy groups -OCH3 is 1. The molecule has 1 aliphatic carbocycles. The first-order valence-electron chi connectivity index (χ1n) is 10.2. The Hall–Kier alpha value is -4.06. The maximum absolute atomic E-state index is 12.2. The fourth-order valence-corrected chi connectivity index (χ4v) is 3.91. The van der Waals surface area contributed by atoms with Gasteiger partial charge in [0, 0.05) is 18.0 Å². The van der Waals surface area contributed by atoms with E-state index in [1.807, 2.05) is 24.3 Å². The molecule has 1 aliphatic rings. The van der Waals surface area contributed by atoms with Gasteiger partial charge in [0.15, 0.2) is 0 Å². The molecular formula is C26H23NO5. The summed E-state index contributed by atoms with van der Waals surface area (Å²) in [6, 6.07) is 20.7. The summed E-state index contributed by atoms with van der Waals surface area (Å²) in [5.41, 5.74) is 5.43. The monoisotopic (exact) mass is 429 g/mol. The normalized spacial score (nSPS) is 12.3. The Kier molecular flexibility index (Phi) is 6.22. The molecule has 32 heavy (non-hydrogen) atoms. The molecule has 0 heterocycles. The molecule has 0 spiro atoms. The van der Waals surface area contributed by atoms with Gasteiger partial charge in [0.05, 0.1) is 12.7 Å². The maximum atomic E-state index is 12.2. The fourth-order valence-electron chi connectivity index (χ4n) is 3.91. The molecule has 0 radical (unpaired) electrons.